The van der Waals surface area contributed by atoms with E-state index in [0.717, 1.165) is 0 Å². The van der Waals surface area contributed by atoms with Crippen LogP contribution in [-0.4, -0.2) is 35.0 Å². The predicted molar refractivity (Wildman–Crippen MR) is 51.8 cm³/mol. The van der Waals surface area contributed by atoms with Crippen molar-refractivity contribution < 1.29 is 14.3 Å². The van der Waals surface area contributed by atoms with Crippen molar-refractivity contribution in [2.45, 2.75) is 25.0 Å². The number of nitrogens with zero attached hydrogens (tertiary/aromatic N) is 1. The fraction of sp³-hybridized carbons (Fsp3) is 0.636. The molecule has 0 aromatic heterocycles. The number of likely N-dealkylation sites (tertiary alicyclic amines) is 1. The number of carbonyl (C=O) groups is 2. The highest BCUT2D eigenvalue weighted by atomic mass is 16.5. The van der Waals surface area contributed by atoms with E-state index in [0.29, 0.717) is 0 Å². The van der Waals surface area contributed by atoms with Gasteiger partial charge in [0, 0.05) is 7.05 Å². The first kappa shape index (κ1) is 9.09. The number of imide groups is 1. The van der Waals surface area contributed by atoms with Crippen LogP contribution in [0.15, 0.2) is 12.2 Å². The molecule has 2 saturated heterocycles. The molecule has 4 heteroatoms. The van der Waals surface area contributed by atoms with Gasteiger partial charge in [0.25, 0.3) is 0 Å². The Morgan fingerprint density at radius 2 is 1.53 bits per heavy atom. The zero-order chi connectivity index (χ0) is 11.0. The predicted octanol–water partition coefficient (Wildman–Crippen LogP) is 0.335. The van der Waals surface area contributed by atoms with Gasteiger partial charge in [-0.1, -0.05) is 12.2 Å². The summed E-state index contributed by atoms with van der Waals surface area (Å²) in [6.07, 6.45) is 3.83. The maximum absolute atomic E-state index is 11.9. The van der Waals surface area contributed by atoms with Gasteiger partial charge in [0.1, 0.15) is 0 Å². The van der Waals surface area contributed by atoms with E-state index in [4.69, 9.17) is 4.74 Å². The van der Waals surface area contributed by atoms with Gasteiger partial charge in [0.15, 0.2) is 0 Å². The first-order valence-corrected chi connectivity index (χ1v) is 5.11. The minimum Gasteiger partial charge on any atom is -0.359 e. The summed E-state index contributed by atoms with van der Waals surface area (Å²) in [4.78, 5) is 25.1. The third-order valence-electron chi connectivity index (χ3n) is 3.95. The standard InChI is InChI=1S/C11H13NO3/c1-10-4-5-11(2,15-10)7-6(10)8(13)12(3)9(7)14/h4-7H,1-3H3/t6-,7-,10+,11+/m1/s1. The third-order valence-corrected chi connectivity index (χ3v) is 3.95. The van der Waals surface area contributed by atoms with E-state index in [9.17, 15) is 9.59 Å². The van der Waals surface area contributed by atoms with Crippen LogP contribution < -0.4 is 0 Å². The molecule has 0 aromatic carbocycles. The van der Waals surface area contributed by atoms with Gasteiger partial charge in [-0.3, -0.25) is 14.5 Å². The summed E-state index contributed by atoms with van der Waals surface area (Å²) >= 11 is 0. The summed E-state index contributed by atoms with van der Waals surface area (Å²) in [5, 5.41) is 0. The summed E-state index contributed by atoms with van der Waals surface area (Å²) in [6, 6.07) is 0. The van der Waals surface area contributed by atoms with Crippen molar-refractivity contribution >= 4 is 11.8 Å². The number of carbonyl (C=O) groups excluding carboxylic acids is 2. The smallest absolute Gasteiger partial charge is 0.236 e. The molecule has 0 spiro atoms. The lowest BCUT2D eigenvalue weighted by Gasteiger charge is -2.23. The first-order valence-electron chi connectivity index (χ1n) is 5.11. The molecule has 3 aliphatic heterocycles. The Kier molecular flexibility index (Phi) is 1.31. The van der Waals surface area contributed by atoms with Crippen LogP contribution >= 0.6 is 0 Å². The van der Waals surface area contributed by atoms with Crippen molar-refractivity contribution in [2.75, 3.05) is 7.05 Å². The lowest BCUT2D eigenvalue weighted by Crippen LogP contribution is -2.37. The summed E-state index contributed by atoms with van der Waals surface area (Å²) in [5.74, 6) is -0.879. The Balaban J connectivity index is 2.18. The largest absolute Gasteiger partial charge is 0.359 e. The SMILES string of the molecule is CN1C(=O)[C@H]2[C@H](C1=O)[C@]1(C)C=C[C@]2(C)O1. The Morgan fingerprint density at radius 3 is 1.93 bits per heavy atom. The summed E-state index contributed by atoms with van der Waals surface area (Å²) in [5.41, 5.74) is -1.17. The van der Waals surface area contributed by atoms with E-state index in [-0.39, 0.29) is 23.7 Å². The van der Waals surface area contributed by atoms with Crippen molar-refractivity contribution in [3.05, 3.63) is 12.2 Å². The molecule has 0 aliphatic carbocycles. The minimum atomic E-state index is -0.586. The van der Waals surface area contributed by atoms with Crippen LogP contribution in [-0.2, 0) is 14.3 Å². The fourth-order valence-corrected chi connectivity index (χ4v) is 3.17. The average molecular weight is 207 g/mol. The Morgan fingerprint density at radius 1 is 1.13 bits per heavy atom. The Hall–Kier alpha value is -1.16. The van der Waals surface area contributed by atoms with Gasteiger partial charge >= 0.3 is 0 Å². The van der Waals surface area contributed by atoms with Crippen LogP contribution in [0.25, 0.3) is 0 Å². The second kappa shape index (κ2) is 2.16. The van der Waals surface area contributed by atoms with Gasteiger partial charge in [-0.25, -0.2) is 0 Å². The third kappa shape index (κ3) is 0.785. The molecule has 0 aromatic rings. The molecular weight excluding hydrogens is 194 g/mol. The van der Waals surface area contributed by atoms with Crippen LogP contribution in [0.4, 0.5) is 0 Å². The number of amides is 2. The zero-order valence-corrected chi connectivity index (χ0v) is 8.98. The average Bonchev–Trinajstić information content (AvgIpc) is 2.67. The molecule has 2 amide bonds. The molecule has 80 valence electrons. The minimum absolute atomic E-state index is 0.111. The van der Waals surface area contributed by atoms with E-state index in [1.165, 1.54) is 4.90 Å². The normalized spacial score (nSPS) is 51.8. The molecule has 4 atom stereocenters. The number of hydrogen-bond acceptors (Lipinski definition) is 3. The molecule has 4 nitrogen and oxygen atoms in total. The Labute approximate surface area is 87.9 Å². The number of ether oxygens (including phenoxy) is 1. The van der Waals surface area contributed by atoms with Crippen molar-refractivity contribution in [3.63, 3.8) is 0 Å². The second-order valence-corrected chi connectivity index (χ2v) is 4.99. The van der Waals surface area contributed by atoms with Crippen molar-refractivity contribution in [1.82, 2.24) is 4.90 Å². The molecule has 2 fully saturated rings. The molecule has 3 rings (SSSR count). The Bertz CT molecular complexity index is 380. The number of hydrogen-bond donors (Lipinski definition) is 0. The lowest BCUT2D eigenvalue weighted by molar-refractivity contribution is -0.144. The van der Waals surface area contributed by atoms with Gasteiger partial charge < -0.3 is 4.74 Å². The van der Waals surface area contributed by atoms with Gasteiger partial charge in [-0.05, 0) is 13.8 Å². The van der Waals surface area contributed by atoms with Crippen LogP contribution in [0.5, 0.6) is 0 Å². The second-order valence-electron chi connectivity index (χ2n) is 4.99. The quantitative estimate of drug-likeness (QED) is 0.425. The van der Waals surface area contributed by atoms with Gasteiger partial charge in [-0.2, -0.15) is 0 Å². The maximum atomic E-state index is 11.9. The lowest BCUT2D eigenvalue weighted by atomic mass is 9.73. The van der Waals surface area contributed by atoms with Crippen LogP contribution in [0.2, 0.25) is 0 Å². The van der Waals surface area contributed by atoms with E-state index >= 15 is 0 Å². The van der Waals surface area contributed by atoms with E-state index in [1.807, 2.05) is 26.0 Å². The molecule has 15 heavy (non-hydrogen) atoms. The topological polar surface area (TPSA) is 46.6 Å². The molecule has 2 bridgehead atoms. The summed E-state index contributed by atoms with van der Waals surface area (Å²) in [6.45, 7) is 3.76. The van der Waals surface area contributed by atoms with E-state index in [2.05, 4.69) is 0 Å². The van der Waals surface area contributed by atoms with Crippen molar-refractivity contribution in [2.24, 2.45) is 11.8 Å². The van der Waals surface area contributed by atoms with Crippen molar-refractivity contribution in [3.8, 4) is 0 Å². The molecule has 0 radical (unpaired) electrons. The van der Waals surface area contributed by atoms with E-state index in [1.54, 1.807) is 7.05 Å². The fourth-order valence-electron chi connectivity index (χ4n) is 3.17. The van der Waals surface area contributed by atoms with Gasteiger partial charge in [-0.15, -0.1) is 0 Å². The highest BCUT2D eigenvalue weighted by Crippen LogP contribution is 2.56. The zero-order valence-electron chi connectivity index (χ0n) is 8.98. The molecule has 0 saturated carbocycles. The molecular formula is C11H13NO3. The van der Waals surface area contributed by atoms with Crippen molar-refractivity contribution in [1.29, 1.82) is 0 Å². The monoisotopic (exact) mass is 207 g/mol. The summed E-state index contributed by atoms with van der Waals surface area (Å²) < 4.78 is 5.82. The first-order chi connectivity index (χ1) is 6.89. The van der Waals surface area contributed by atoms with Gasteiger partial charge in [0.2, 0.25) is 11.8 Å². The highest BCUT2D eigenvalue weighted by Gasteiger charge is 2.69. The number of rotatable bonds is 0. The summed E-state index contributed by atoms with van der Waals surface area (Å²) in [7, 11) is 1.55. The molecule has 3 aliphatic rings. The molecule has 0 unspecified atom stereocenters. The molecule has 3 heterocycles. The van der Waals surface area contributed by atoms with Crippen LogP contribution in [0.1, 0.15) is 13.8 Å². The number of fused-ring (bicyclic) bond motifs is 5. The highest BCUT2D eigenvalue weighted by molar-refractivity contribution is 6.07. The van der Waals surface area contributed by atoms with E-state index < -0.39 is 11.2 Å². The maximum Gasteiger partial charge on any atom is 0.236 e. The molecule has 0 N–H and O–H groups in total. The van der Waals surface area contributed by atoms with Crippen LogP contribution in [0.3, 0.4) is 0 Å². The van der Waals surface area contributed by atoms with Crippen LogP contribution in [0, 0.1) is 11.8 Å². The van der Waals surface area contributed by atoms with Gasteiger partial charge in [0.05, 0.1) is 23.0 Å².